The molecule has 0 amide bonds. The van der Waals surface area contributed by atoms with Crippen LogP contribution in [-0.4, -0.2) is 5.78 Å². The average molecular weight is 288 g/mol. The van der Waals surface area contributed by atoms with Gasteiger partial charge in [-0.2, -0.15) is 0 Å². The lowest BCUT2D eigenvalue weighted by molar-refractivity contribution is -0.111. The molecule has 3 rings (SSSR count). The van der Waals surface area contributed by atoms with E-state index in [1.165, 1.54) is 11.1 Å². The van der Waals surface area contributed by atoms with Crippen molar-refractivity contribution in [2.75, 3.05) is 0 Å². The fourth-order valence-corrected chi connectivity index (χ4v) is 2.91. The van der Waals surface area contributed by atoms with Gasteiger partial charge in [-0.15, -0.1) is 0 Å². The van der Waals surface area contributed by atoms with Crippen molar-refractivity contribution in [3.05, 3.63) is 88.5 Å². The molecule has 1 nitrogen and oxygen atoms in total. The molecular weight excluding hydrogens is 268 g/mol. The fourth-order valence-electron chi connectivity index (χ4n) is 2.91. The lowest BCUT2D eigenvalue weighted by atomic mass is 9.91. The molecule has 0 aromatic heterocycles. The van der Waals surface area contributed by atoms with Crippen LogP contribution in [0.3, 0.4) is 0 Å². The molecule has 0 N–H and O–H groups in total. The fraction of sp³-hybridized carbons (Fsp3) is 0.190. The Morgan fingerprint density at radius 1 is 0.818 bits per heavy atom. The predicted molar refractivity (Wildman–Crippen MR) is 91.8 cm³/mol. The zero-order chi connectivity index (χ0) is 15.7. The zero-order valence-corrected chi connectivity index (χ0v) is 13.1. The van der Waals surface area contributed by atoms with E-state index in [0.717, 1.165) is 40.7 Å². The first-order valence-corrected chi connectivity index (χ1v) is 7.66. The van der Waals surface area contributed by atoms with Crippen molar-refractivity contribution in [1.82, 2.24) is 0 Å². The topological polar surface area (TPSA) is 17.1 Å². The number of hydrogen-bond donors (Lipinski definition) is 0. The molecular formula is C21H20O. The molecule has 0 unspecified atom stereocenters. The summed E-state index contributed by atoms with van der Waals surface area (Å²) < 4.78 is 0. The number of Topliss-reactive ketones (excluding diaryl/α,β-unsaturated/α-hetero) is 1. The van der Waals surface area contributed by atoms with E-state index >= 15 is 0 Å². The summed E-state index contributed by atoms with van der Waals surface area (Å²) in [5, 5.41) is 0. The summed E-state index contributed by atoms with van der Waals surface area (Å²) in [6.07, 6.45) is 1.56. The molecule has 1 fully saturated rings. The quantitative estimate of drug-likeness (QED) is 0.709. The highest BCUT2D eigenvalue weighted by Gasteiger charge is 2.26. The molecule has 2 aromatic carbocycles. The van der Waals surface area contributed by atoms with Gasteiger partial charge >= 0.3 is 0 Å². The van der Waals surface area contributed by atoms with Gasteiger partial charge < -0.3 is 0 Å². The summed E-state index contributed by atoms with van der Waals surface area (Å²) in [7, 11) is 0. The number of benzene rings is 2. The number of aryl methyl sites for hydroxylation is 2. The highest BCUT2D eigenvalue weighted by atomic mass is 16.1. The minimum Gasteiger partial charge on any atom is -0.289 e. The second-order valence-electron chi connectivity index (χ2n) is 6.02. The first-order valence-electron chi connectivity index (χ1n) is 7.66. The molecule has 0 bridgehead atoms. The number of allylic oxidation sites excluding steroid dienone is 2. The molecule has 110 valence electrons. The van der Waals surface area contributed by atoms with Crippen LogP contribution in [-0.2, 0) is 4.79 Å². The molecule has 0 spiro atoms. The average Bonchev–Trinajstić information content (AvgIpc) is 2.84. The third kappa shape index (κ3) is 2.67. The molecule has 0 heterocycles. The standard InChI is InChI=1S/C21H20O/c1-14-4-9-17(10-5-14)20(18-11-6-15(2)7-12-18)19-13-8-16(3)21(19)22/h4-7,9-12H,3,8,13H2,1-2H3. The molecule has 0 saturated heterocycles. The van der Waals surface area contributed by atoms with Gasteiger partial charge in [0.1, 0.15) is 0 Å². The van der Waals surface area contributed by atoms with Gasteiger partial charge in [0.05, 0.1) is 0 Å². The summed E-state index contributed by atoms with van der Waals surface area (Å²) >= 11 is 0. The number of rotatable bonds is 2. The summed E-state index contributed by atoms with van der Waals surface area (Å²) in [5.41, 5.74) is 7.34. The van der Waals surface area contributed by atoms with E-state index in [1.807, 2.05) is 0 Å². The minimum absolute atomic E-state index is 0.121. The monoisotopic (exact) mass is 288 g/mol. The Balaban J connectivity index is 2.21. The van der Waals surface area contributed by atoms with Crippen LogP contribution in [0.25, 0.3) is 5.57 Å². The van der Waals surface area contributed by atoms with Crippen LogP contribution < -0.4 is 0 Å². The molecule has 1 aliphatic carbocycles. The zero-order valence-electron chi connectivity index (χ0n) is 13.1. The molecule has 1 heteroatoms. The van der Waals surface area contributed by atoms with E-state index in [-0.39, 0.29) is 5.78 Å². The van der Waals surface area contributed by atoms with Crippen LogP contribution in [0.2, 0.25) is 0 Å². The van der Waals surface area contributed by atoms with Crippen LogP contribution in [0.5, 0.6) is 0 Å². The minimum atomic E-state index is 0.121. The van der Waals surface area contributed by atoms with Crippen LogP contribution in [0, 0.1) is 13.8 Å². The first kappa shape index (κ1) is 14.5. The van der Waals surface area contributed by atoms with Crippen molar-refractivity contribution < 1.29 is 4.79 Å². The first-order chi connectivity index (χ1) is 10.6. The Labute approximate surface area is 132 Å². The van der Waals surface area contributed by atoms with E-state index in [4.69, 9.17) is 0 Å². The van der Waals surface area contributed by atoms with Gasteiger partial charge in [-0.3, -0.25) is 4.79 Å². The summed E-state index contributed by atoms with van der Waals surface area (Å²) in [4.78, 5) is 12.5. The second-order valence-corrected chi connectivity index (χ2v) is 6.02. The van der Waals surface area contributed by atoms with Gasteiger partial charge in [-0.05, 0) is 49.0 Å². The largest absolute Gasteiger partial charge is 0.289 e. The summed E-state index contributed by atoms with van der Waals surface area (Å²) in [6, 6.07) is 16.8. The molecule has 1 saturated carbocycles. The molecule has 1 aliphatic rings. The van der Waals surface area contributed by atoms with Gasteiger partial charge in [-0.1, -0.05) is 66.2 Å². The number of carbonyl (C=O) groups excluding carboxylic acids is 1. The van der Waals surface area contributed by atoms with E-state index in [1.54, 1.807) is 0 Å². The lowest BCUT2D eigenvalue weighted by Crippen LogP contribution is -2.01. The van der Waals surface area contributed by atoms with Gasteiger partial charge in [-0.25, -0.2) is 0 Å². The third-order valence-electron chi connectivity index (χ3n) is 4.25. The molecule has 0 radical (unpaired) electrons. The highest BCUT2D eigenvalue weighted by molar-refractivity contribution is 6.16. The number of carbonyl (C=O) groups is 1. The van der Waals surface area contributed by atoms with E-state index < -0.39 is 0 Å². The van der Waals surface area contributed by atoms with Crippen molar-refractivity contribution in [3.8, 4) is 0 Å². The summed E-state index contributed by atoms with van der Waals surface area (Å²) in [5.74, 6) is 0.121. The Morgan fingerprint density at radius 3 is 1.64 bits per heavy atom. The lowest BCUT2D eigenvalue weighted by Gasteiger charge is -2.13. The van der Waals surface area contributed by atoms with Crippen molar-refractivity contribution in [3.63, 3.8) is 0 Å². The van der Waals surface area contributed by atoms with Crippen LogP contribution in [0.1, 0.15) is 35.1 Å². The van der Waals surface area contributed by atoms with E-state index in [0.29, 0.717) is 0 Å². The highest BCUT2D eigenvalue weighted by Crippen LogP contribution is 2.35. The maximum atomic E-state index is 12.5. The van der Waals surface area contributed by atoms with Crippen LogP contribution in [0.15, 0.2) is 66.3 Å². The summed E-state index contributed by atoms with van der Waals surface area (Å²) in [6.45, 7) is 8.05. The van der Waals surface area contributed by atoms with Crippen LogP contribution >= 0.6 is 0 Å². The van der Waals surface area contributed by atoms with Gasteiger partial charge in [0.2, 0.25) is 0 Å². The SMILES string of the molecule is C=C1CCC(=C(c2ccc(C)cc2)c2ccc(C)cc2)C1=O. The van der Waals surface area contributed by atoms with Crippen molar-refractivity contribution in [2.24, 2.45) is 0 Å². The number of hydrogen-bond acceptors (Lipinski definition) is 1. The van der Waals surface area contributed by atoms with Crippen LogP contribution in [0.4, 0.5) is 0 Å². The van der Waals surface area contributed by atoms with Crippen molar-refractivity contribution >= 4 is 11.4 Å². The Kier molecular flexibility index (Phi) is 3.81. The number of ketones is 1. The normalized spacial score (nSPS) is 14.5. The van der Waals surface area contributed by atoms with E-state index in [2.05, 4.69) is 69.0 Å². The maximum Gasteiger partial charge on any atom is 0.185 e. The van der Waals surface area contributed by atoms with E-state index in [9.17, 15) is 4.79 Å². The Hall–Kier alpha value is -2.41. The van der Waals surface area contributed by atoms with Gasteiger partial charge in [0.15, 0.2) is 5.78 Å². The second kappa shape index (κ2) is 5.76. The maximum absolute atomic E-state index is 12.5. The van der Waals surface area contributed by atoms with Crippen molar-refractivity contribution in [2.45, 2.75) is 26.7 Å². The third-order valence-corrected chi connectivity index (χ3v) is 4.25. The Morgan fingerprint density at radius 2 is 1.27 bits per heavy atom. The van der Waals surface area contributed by atoms with Gasteiger partial charge in [0.25, 0.3) is 0 Å². The van der Waals surface area contributed by atoms with Gasteiger partial charge in [0, 0.05) is 5.57 Å². The van der Waals surface area contributed by atoms with Crippen molar-refractivity contribution in [1.29, 1.82) is 0 Å². The molecule has 0 aliphatic heterocycles. The predicted octanol–water partition coefficient (Wildman–Crippen LogP) is 5.02. The molecule has 22 heavy (non-hydrogen) atoms. The smallest absolute Gasteiger partial charge is 0.185 e. The Bertz CT molecular complexity index is 711. The molecule has 2 aromatic rings. The molecule has 0 atom stereocenters.